The SMILES string of the molecule is Cc1ccc(F)c(NCc2ccccc2OCC#N)c1F. The van der Waals surface area contributed by atoms with Gasteiger partial charge in [0, 0.05) is 12.1 Å². The van der Waals surface area contributed by atoms with Gasteiger partial charge in [-0.05, 0) is 24.6 Å². The number of para-hydroxylation sites is 1. The maximum absolute atomic E-state index is 13.9. The van der Waals surface area contributed by atoms with Crippen molar-refractivity contribution in [1.29, 1.82) is 5.26 Å². The molecule has 0 unspecified atom stereocenters. The van der Waals surface area contributed by atoms with Gasteiger partial charge in [0.25, 0.3) is 0 Å². The molecule has 0 aliphatic carbocycles. The summed E-state index contributed by atoms with van der Waals surface area (Å²) < 4.78 is 32.8. The van der Waals surface area contributed by atoms with Crippen LogP contribution in [0.4, 0.5) is 14.5 Å². The lowest BCUT2D eigenvalue weighted by atomic mass is 10.1. The summed E-state index contributed by atoms with van der Waals surface area (Å²) in [6.45, 7) is 1.69. The summed E-state index contributed by atoms with van der Waals surface area (Å²) >= 11 is 0. The molecule has 3 nitrogen and oxygen atoms in total. The Bertz CT molecular complexity index is 680. The minimum Gasteiger partial charge on any atom is -0.478 e. The lowest BCUT2D eigenvalue weighted by molar-refractivity contribution is 0.364. The second-order valence-electron chi connectivity index (χ2n) is 4.46. The van der Waals surface area contributed by atoms with Gasteiger partial charge in [-0.1, -0.05) is 24.3 Å². The summed E-state index contributed by atoms with van der Waals surface area (Å²) in [5.41, 5.74) is 0.922. The molecule has 2 aromatic carbocycles. The van der Waals surface area contributed by atoms with E-state index in [9.17, 15) is 8.78 Å². The number of nitrogens with one attached hydrogen (secondary N) is 1. The van der Waals surface area contributed by atoms with Crippen LogP contribution in [0.2, 0.25) is 0 Å². The molecule has 0 aliphatic rings. The van der Waals surface area contributed by atoms with E-state index in [1.807, 2.05) is 6.07 Å². The number of ether oxygens (including phenoxy) is 1. The van der Waals surface area contributed by atoms with Crippen molar-refractivity contribution < 1.29 is 13.5 Å². The van der Waals surface area contributed by atoms with Crippen LogP contribution in [-0.2, 0) is 6.54 Å². The minimum absolute atomic E-state index is 0.0792. The third-order valence-electron chi connectivity index (χ3n) is 3.00. The molecule has 2 aromatic rings. The maximum atomic E-state index is 13.9. The fourth-order valence-electron chi connectivity index (χ4n) is 1.90. The van der Waals surface area contributed by atoms with E-state index in [4.69, 9.17) is 10.00 Å². The molecule has 0 heterocycles. The Morgan fingerprint density at radius 3 is 2.71 bits per heavy atom. The second kappa shape index (κ2) is 6.71. The first-order valence-electron chi connectivity index (χ1n) is 6.39. The quantitative estimate of drug-likeness (QED) is 0.910. The number of nitrogens with zero attached hydrogens (tertiary/aromatic N) is 1. The van der Waals surface area contributed by atoms with Crippen LogP contribution in [0.25, 0.3) is 0 Å². The molecule has 0 aliphatic heterocycles. The molecule has 1 N–H and O–H groups in total. The average molecular weight is 288 g/mol. The van der Waals surface area contributed by atoms with E-state index in [2.05, 4.69) is 5.32 Å². The van der Waals surface area contributed by atoms with Crippen molar-refractivity contribution >= 4 is 5.69 Å². The van der Waals surface area contributed by atoms with Crippen LogP contribution in [0, 0.1) is 29.9 Å². The molecular formula is C16H14F2N2O. The Hall–Kier alpha value is -2.61. The zero-order valence-electron chi connectivity index (χ0n) is 11.5. The Balaban J connectivity index is 2.18. The highest BCUT2D eigenvalue weighted by Gasteiger charge is 2.12. The van der Waals surface area contributed by atoms with E-state index in [0.29, 0.717) is 16.9 Å². The molecule has 108 valence electrons. The molecule has 0 saturated carbocycles. The van der Waals surface area contributed by atoms with E-state index >= 15 is 0 Å². The molecule has 5 heteroatoms. The van der Waals surface area contributed by atoms with E-state index < -0.39 is 11.6 Å². The van der Waals surface area contributed by atoms with Gasteiger partial charge in [0.15, 0.2) is 12.4 Å². The van der Waals surface area contributed by atoms with Crippen LogP contribution in [-0.4, -0.2) is 6.61 Å². The van der Waals surface area contributed by atoms with Crippen LogP contribution in [0.5, 0.6) is 5.75 Å². The zero-order chi connectivity index (χ0) is 15.2. The standard InChI is InChI=1S/C16H14F2N2O/c1-11-6-7-13(17)16(15(11)18)20-10-12-4-2-3-5-14(12)21-9-8-19/h2-7,20H,9-10H2,1H3. The first kappa shape index (κ1) is 14.8. The van der Waals surface area contributed by atoms with Gasteiger partial charge in [0.1, 0.15) is 23.3 Å². The van der Waals surface area contributed by atoms with Gasteiger partial charge < -0.3 is 10.1 Å². The van der Waals surface area contributed by atoms with Crippen molar-refractivity contribution in [3.05, 3.63) is 59.2 Å². The van der Waals surface area contributed by atoms with Crippen LogP contribution >= 0.6 is 0 Å². The van der Waals surface area contributed by atoms with Gasteiger partial charge in [0.05, 0.1) is 0 Å². The number of halogens is 2. The smallest absolute Gasteiger partial charge is 0.174 e. The Kier molecular flexibility index (Phi) is 4.72. The molecule has 0 fully saturated rings. The summed E-state index contributed by atoms with van der Waals surface area (Å²) in [6.07, 6.45) is 0. The van der Waals surface area contributed by atoms with Crippen molar-refractivity contribution in [2.75, 3.05) is 11.9 Å². The van der Waals surface area contributed by atoms with Gasteiger partial charge in [-0.2, -0.15) is 5.26 Å². The van der Waals surface area contributed by atoms with E-state index in [-0.39, 0.29) is 18.8 Å². The minimum atomic E-state index is -0.645. The molecule has 0 amide bonds. The number of rotatable bonds is 5. The largest absolute Gasteiger partial charge is 0.478 e. The zero-order valence-corrected chi connectivity index (χ0v) is 11.5. The molecule has 0 saturated heterocycles. The van der Waals surface area contributed by atoms with Crippen molar-refractivity contribution in [2.45, 2.75) is 13.5 Å². The van der Waals surface area contributed by atoms with Crippen LogP contribution < -0.4 is 10.1 Å². The molecule has 2 rings (SSSR count). The molecule has 0 spiro atoms. The van der Waals surface area contributed by atoms with Crippen molar-refractivity contribution in [1.82, 2.24) is 0 Å². The molecule has 0 radical (unpaired) electrons. The monoisotopic (exact) mass is 288 g/mol. The lowest BCUT2D eigenvalue weighted by Gasteiger charge is -2.13. The number of nitriles is 1. The normalized spacial score (nSPS) is 10.0. The Morgan fingerprint density at radius 2 is 1.95 bits per heavy atom. The average Bonchev–Trinajstić information content (AvgIpc) is 2.50. The number of benzene rings is 2. The predicted octanol–water partition coefficient (Wildman–Crippen LogP) is 3.79. The maximum Gasteiger partial charge on any atom is 0.174 e. The Labute approximate surface area is 121 Å². The van der Waals surface area contributed by atoms with Gasteiger partial charge in [-0.25, -0.2) is 8.78 Å². The first-order chi connectivity index (χ1) is 10.1. The second-order valence-corrected chi connectivity index (χ2v) is 4.46. The molecule has 21 heavy (non-hydrogen) atoms. The summed E-state index contributed by atoms with van der Waals surface area (Å²) in [7, 11) is 0. The molecule has 0 bridgehead atoms. The van der Waals surface area contributed by atoms with E-state index in [1.54, 1.807) is 31.2 Å². The molecule has 0 atom stereocenters. The van der Waals surface area contributed by atoms with Crippen LogP contribution in [0.3, 0.4) is 0 Å². The van der Waals surface area contributed by atoms with Crippen molar-refractivity contribution in [3.8, 4) is 11.8 Å². The van der Waals surface area contributed by atoms with E-state index in [0.717, 1.165) is 0 Å². The van der Waals surface area contributed by atoms with Crippen molar-refractivity contribution in [3.63, 3.8) is 0 Å². The van der Waals surface area contributed by atoms with Crippen molar-refractivity contribution in [2.24, 2.45) is 0 Å². The number of anilines is 1. The molecular weight excluding hydrogens is 274 g/mol. The van der Waals surface area contributed by atoms with Crippen LogP contribution in [0.15, 0.2) is 36.4 Å². The summed E-state index contributed by atoms with van der Waals surface area (Å²) in [4.78, 5) is 0. The summed E-state index contributed by atoms with van der Waals surface area (Å²) in [5.74, 6) is -0.737. The number of hydrogen-bond donors (Lipinski definition) is 1. The highest BCUT2D eigenvalue weighted by atomic mass is 19.1. The van der Waals surface area contributed by atoms with Gasteiger partial charge >= 0.3 is 0 Å². The fraction of sp³-hybridized carbons (Fsp3) is 0.188. The summed E-state index contributed by atoms with van der Waals surface area (Å²) in [6, 6.07) is 11.5. The predicted molar refractivity (Wildman–Crippen MR) is 76.0 cm³/mol. The number of aryl methyl sites for hydroxylation is 1. The third kappa shape index (κ3) is 3.48. The van der Waals surface area contributed by atoms with E-state index in [1.165, 1.54) is 12.1 Å². The van der Waals surface area contributed by atoms with Crippen LogP contribution in [0.1, 0.15) is 11.1 Å². The van der Waals surface area contributed by atoms with Gasteiger partial charge in [0.2, 0.25) is 0 Å². The first-order valence-corrected chi connectivity index (χ1v) is 6.39. The highest BCUT2D eigenvalue weighted by Crippen LogP contribution is 2.24. The number of hydrogen-bond acceptors (Lipinski definition) is 3. The van der Waals surface area contributed by atoms with Gasteiger partial charge in [-0.3, -0.25) is 0 Å². The topological polar surface area (TPSA) is 45.0 Å². The lowest BCUT2D eigenvalue weighted by Crippen LogP contribution is -2.07. The third-order valence-corrected chi connectivity index (χ3v) is 3.00. The Morgan fingerprint density at radius 1 is 1.19 bits per heavy atom. The fourth-order valence-corrected chi connectivity index (χ4v) is 1.90. The van der Waals surface area contributed by atoms with Gasteiger partial charge in [-0.15, -0.1) is 0 Å². The molecule has 0 aromatic heterocycles. The summed E-state index contributed by atoms with van der Waals surface area (Å²) in [5, 5.41) is 11.3. The highest BCUT2D eigenvalue weighted by molar-refractivity contribution is 5.50.